The summed E-state index contributed by atoms with van der Waals surface area (Å²) in [5.41, 5.74) is 0. The van der Waals surface area contributed by atoms with Crippen molar-refractivity contribution >= 4 is 34.9 Å². The average Bonchev–Trinajstić information content (AvgIpc) is 3.09. The lowest BCUT2D eigenvalue weighted by molar-refractivity contribution is -0.127. The largest absolute Gasteiger partial charge is 0.474 e. The molecule has 3 rings (SSSR count). The molecule has 6 heteroatoms. The number of hydrogen-bond donors (Lipinski definition) is 0. The van der Waals surface area contributed by atoms with E-state index >= 15 is 0 Å². The number of ether oxygens (including phenoxy) is 1. The second kappa shape index (κ2) is 7.62. The molecule has 0 radical (unpaired) electrons. The average molecular weight is 349 g/mol. The van der Waals surface area contributed by atoms with Gasteiger partial charge in [0.2, 0.25) is 11.8 Å². The molecule has 0 aromatic carbocycles. The number of thiophene rings is 1. The zero-order valence-electron chi connectivity index (χ0n) is 12.5. The van der Waals surface area contributed by atoms with E-state index in [1.165, 1.54) is 0 Å². The van der Waals surface area contributed by atoms with Crippen molar-refractivity contribution in [1.82, 2.24) is 9.88 Å². The number of carbonyl (C=O) groups is 1. The predicted octanol–water partition coefficient (Wildman–Crippen LogP) is 3.88. The third-order valence-corrected chi connectivity index (χ3v) is 4.74. The van der Waals surface area contributed by atoms with Crippen LogP contribution >= 0.6 is 22.9 Å². The summed E-state index contributed by atoms with van der Waals surface area (Å²) >= 11 is 7.43. The number of nitrogens with zero attached hydrogens (tertiary/aromatic N) is 2. The maximum atomic E-state index is 12.2. The molecule has 0 unspecified atom stereocenters. The first-order valence-electron chi connectivity index (χ1n) is 7.49. The van der Waals surface area contributed by atoms with E-state index in [2.05, 4.69) is 4.98 Å². The van der Waals surface area contributed by atoms with Crippen molar-refractivity contribution in [3.63, 3.8) is 0 Å². The predicted molar refractivity (Wildman–Crippen MR) is 92.8 cm³/mol. The second-order valence-electron chi connectivity index (χ2n) is 5.31. The van der Waals surface area contributed by atoms with E-state index < -0.39 is 0 Å². The Kier molecular flexibility index (Phi) is 5.31. The maximum Gasteiger partial charge on any atom is 0.246 e. The molecule has 1 aliphatic rings. The van der Waals surface area contributed by atoms with Crippen LogP contribution in [-0.2, 0) is 4.79 Å². The lowest BCUT2D eigenvalue weighted by Crippen LogP contribution is -2.41. The Morgan fingerprint density at radius 2 is 2.17 bits per heavy atom. The molecule has 0 aliphatic carbocycles. The fourth-order valence-corrected chi connectivity index (χ4v) is 3.17. The van der Waals surface area contributed by atoms with Crippen LogP contribution in [0.5, 0.6) is 5.88 Å². The van der Waals surface area contributed by atoms with Crippen LogP contribution in [-0.4, -0.2) is 35.0 Å². The minimum absolute atomic E-state index is 0.0569. The summed E-state index contributed by atoms with van der Waals surface area (Å²) in [6.07, 6.45) is 6.80. The van der Waals surface area contributed by atoms with E-state index in [-0.39, 0.29) is 12.0 Å². The highest BCUT2D eigenvalue weighted by Gasteiger charge is 2.23. The number of hydrogen-bond acceptors (Lipinski definition) is 4. The first-order valence-corrected chi connectivity index (χ1v) is 8.75. The molecule has 0 N–H and O–H groups in total. The zero-order valence-corrected chi connectivity index (χ0v) is 14.1. The van der Waals surface area contributed by atoms with Crippen LogP contribution in [0.4, 0.5) is 0 Å². The van der Waals surface area contributed by atoms with Crippen molar-refractivity contribution in [3.8, 4) is 5.88 Å². The molecule has 1 aliphatic heterocycles. The normalized spacial score (nSPS) is 16.0. The Bertz CT molecular complexity index is 662. The number of likely N-dealkylation sites (tertiary alicyclic amines) is 1. The van der Waals surface area contributed by atoms with Gasteiger partial charge in [-0.15, -0.1) is 11.3 Å². The fraction of sp³-hybridized carbons (Fsp3) is 0.294. The number of aromatic nitrogens is 1. The Balaban J connectivity index is 1.48. The SMILES string of the molecule is O=C(C=Cc1cccs1)N1CCC(Oc2ccc(Cl)cn2)CC1. The van der Waals surface area contributed by atoms with Crippen LogP contribution in [0.2, 0.25) is 5.02 Å². The zero-order chi connectivity index (χ0) is 16.1. The lowest BCUT2D eigenvalue weighted by atomic mass is 10.1. The highest BCUT2D eigenvalue weighted by atomic mass is 35.5. The number of amides is 1. The molecule has 1 saturated heterocycles. The highest BCUT2D eigenvalue weighted by Crippen LogP contribution is 2.19. The topological polar surface area (TPSA) is 42.4 Å². The van der Waals surface area contributed by atoms with Crippen molar-refractivity contribution in [2.75, 3.05) is 13.1 Å². The van der Waals surface area contributed by atoms with Crippen molar-refractivity contribution in [2.45, 2.75) is 18.9 Å². The second-order valence-corrected chi connectivity index (χ2v) is 6.72. The Labute approximate surface area is 144 Å². The van der Waals surface area contributed by atoms with Gasteiger partial charge in [0.1, 0.15) is 6.10 Å². The van der Waals surface area contributed by atoms with Crippen molar-refractivity contribution in [3.05, 3.63) is 51.8 Å². The van der Waals surface area contributed by atoms with Gasteiger partial charge in [0.05, 0.1) is 5.02 Å². The molecule has 120 valence electrons. The number of halogens is 1. The van der Waals surface area contributed by atoms with Gasteiger partial charge in [-0.05, 0) is 23.6 Å². The molecule has 3 heterocycles. The Morgan fingerprint density at radius 1 is 1.35 bits per heavy atom. The van der Waals surface area contributed by atoms with Gasteiger partial charge in [-0.3, -0.25) is 4.79 Å². The van der Waals surface area contributed by atoms with E-state index in [1.54, 1.807) is 35.7 Å². The van der Waals surface area contributed by atoms with Crippen LogP contribution < -0.4 is 4.74 Å². The summed E-state index contributed by atoms with van der Waals surface area (Å²) in [5.74, 6) is 0.637. The van der Waals surface area contributed by atoms with Crippen LogP contribution in [0, 0.1) is 0 Å². The van der Waals surface area contributed by atoms with Gasteiger partial charge >= 0.3 is 0 Å². The highest BCUT2D eigenvalue weighted by molar-refractivity contribution is 7.10. The molecule has 0 saturated carbocycles. The van der Waals surface area contributed by atoms with E-state index in [0.717, 1.165) is 17.7 Å². The summed E-state index contributed by atoms with van der Waals surface area (Å²) in [4.78, 5) is 19.3. The van der Waals surface area contributed by atoms with Crippen LogP contribution in [0.3, 0.4) is 0 Å². The molecule has 0 atom stereocenters. The molecule has 0 bridgehead atoms. The first kappa shape index (κ1) is 16.0. The van der Waals surface area contributed by atoms with Crippen LogP contribution in [0.1, 0.15) is 17.7 Å². The van der Waals surface area contributed by atoms with E-state index in [0.29, 0.717) is 24.0 Å². The van der Waals surface area contributed by atoms with E-state index in [4.69, 9.17) is 16.3 Å². The lowest BCUT2D eigenvalue weighted by Gasteiger charge is -2.31. The van der Waals surface area contributed by atoms with Crippen molar-refractivity contribution in [1.29, 1.82) is 0 Å². The summed E-state index contributed by atoms with van der Waals surface area (Å²) < 4.78 is 5.83. The molecule has 23 heavy (non-hydrogen) atoms. The molecule has 1 amide bonds. The molecule has 0 spiro atoms. The van der Waals surface area contributed by atoms with Crippen LogP contribution in [0.25, 0.3) is 6.08 Å². The monoisotopic (exact) mass is 348 g/mol. The number of pyridine rings is 1. The van der Waals surface area contributed by atoms with Gasteiger partial charge in [-0.25, -0.2) is 4.98 Å². The van der Waals surface area contributed by atoms with E-state index in [9.17, 15) is 4.79 Å². The molecule has 2 aromatic heterocycles. The van der Waals surface area contributed by atoms with Crippen LogP contribution in [0.15, 0.2) is 41.9 Å². The third-order valence-electron chi connectivity index (χ3n) is 3.67. The van der Waals surface area contributed by atoms with Gasteiger partial charge in [-0.2, -0.15) is 0 Å². The molecular formula is C17H17ClN2O2S. The van der Waals surface area contributed by atoms with Gasteiger partial charge in [0.15, 0.2) is 0 Å². The van der Waals surface area contributed by atoms with E-state index in [1.807, 2.05) is 28.5 Å². The summed E-state index contributed by atoms with van der Waals surface area (Å²) in [6, 6.07) is 7.50. The Hall–Kier alpha value is -1.85. The minimum atomic E-state index is 0.0569. The van der Waals surface area contributed by atoms with Crippen molar-refractivity contribution in [2.24, 2.45) is 0 Å². The van der Waals surface area contributed by atoms with Gasteiger partial charge < -0.3 is 9.64 Å². The molecule has 1 fully saturated rings. The maximum absolute atomic E-state index is 12.2. The number of rotatable bonds is 4. The smallest absolute Gasteiger partial charge is 0.246 e. The molecular weight excluding hydrogens is 332 g/mol. The Morgan fingerprint density at radius 3 is 2.83 bits per heavy atom. The minimum Gasteiger partial charge on any atom is -0.474 e. The summed E-state index contributed by atoms with van der Waals surface area (Å²) in [7, 11) is 0. The molecule has 2 aromatic rings. The quantitative estimate of drug-likeness (QED) is 0.787. The fourth-order valence-electron chi connectivity index (χ4n) is 2.44. The third kappa shape index (κ3) is 4.56. The van der Waals surface area contributed by atoms with Crippen molar-refractivity contribution < 1.29 is 9.53 Å². The summed E-state index contributed by atoms with van der Waals surface area (Å²) in [6.45, 7) is 1.40. The van der Waals surface area contributed by atoms with Gasteiger partial charge in [0, 0.05) is 49.1 Å². The molecule has 4 nitrogen and oxygen atoms in total. The summed E-state index contributed by atoms with van der Waals surface area (Å²) in [5, 5.41) is 2.59. The standard InChI is InChI=1S/C17H17ClN2O2S/c18-13-3-5-16(19-12-13)22-14-7-9-20(10-8-14)17(21)6-4-15-2-1-11-23-15/h1-6,11-12,14H,7-10H2. The number of piperidine rings is 1. The number of carbonyl (C=O) groups excluding carboxylic acids is 1. The van der Waals surface area contributed by atoms with Gasteiger partial charge in [-0.1, -0.05) is 17.7 Å². The van der Waals surface area contributed by atoms with Gasteiger partial charge in [0.25, 0.3) is 0 Å². The first-order chi connectivity index (χ1) is 11.2.